The van der Waals surface area contributed by atoms with Crippen molar-refractivity contribution in [3.8, 4) is 0 Å². The second kappa shape index (κ2) is 4.06. The molecule has 5 heteroatoms. The zero-order valence-corrected chi connectivity index (χ0v) is 10.4. The molecule has 2 heterocycles. The number of benzene rings is 2. The van der Waals surface area contributed by atoms with Gasteiger partial charge in [-0.3, -0.25) is 4.98 Å². The van der Waals surface area contributed by atoms with Gasteiger partial charge in [0, 0.05) is 22.4 Å². The maximum Gasteiger partial charge on any atom is 0.488 e. The first-order chi connectivity index (χ1) is 9.74. The van der Waals surface area contributed by atoms with E-state index in [1.54, 1.807) is 24.4 Å². The number of rotatable bonds is 1. The van der Waals surface area contributed by atoms with E-state index < -0.39 is 7.12 Å². The second-order valence-corrected chi connectivity index (χ2v) is 4.75. The molecule has 2 N–H and O–H groups in total. The van der Waals surface area contributed by atoms with Crippen molar-refractivity contribution in [3.05, 3.63) is 48.7 Å². The third kappa shape index (κ3) is 1.54. The van der Waals surface area contributed by atoms with Crippen LogP contribution in [-0.2, 0) is 0 Å². The van der Waals surface area contributed by atoms with Crippen molar-refractivity contribution in [1.29, 1.82) is 0 Å². The Balaban J connectivity index is 2.16. The molecule has 4 rings (SSSR count). The average Bonchev–Trinajstić information content (AvgIpc) is 2.85. The molecule has 20 heavy (non-hydrogen) atoms. The Bertz CT molecular complexity index is 946. The maximum atomic E-state index is 9.27. The molecule has 0 aliphatic heterocycles. The number of pyridine rings is 1. The van der Waals surface area contributed by atoms with Crippen LogP contribution in [0.1, 0.15) is 0 Å². The lowest BCUT2D eigenvalue weighted by Gasteiger charge is -1.98. The summed E-state index contributed by atoms with van der Waals surface area (Å²) in [4.78, 5) is 4.42. The summed E-state index contributed by atoms with van der Waals surface area (Å²) in [6.45, 7) is 0. The van der Waals surface area contributed by atoms with Gasteiger partial charge in [0.2, 0.25) is 0 Å². The minimum absolute atomic E-state index is 0.438. The Morgan fingerprint density at radius 3 is 2.65 bits per heavy atom. The molecule has 0 amide bonds. The lowest BCUT2D eigenvalue weighted by atomic mass is 9.80. The minimum atomic E-state index is -1.49. The normalized spacial score (nSPS) is 11.5. The Morgan fingerprint density at radius 2 is 1.80 bits per heavy atom. The van der Waals surface area contributed by atoms with Gasteiger partial charge in [0.05, 0.1) is 5.52 Å². The summed E-state index contributed by atoms with van der Waals surface area (Å²) in [5.74, 6) is 0. The molecule has 96 valence electrons. The molecule has 0 aliphatic carbocycles. The summed E-state index contributed by atoms with van der Waals surface area (Å²) in [6, 6.07) is 12.9. The van der Waals surface area contributed by atoms with Crippen molar-refractivity contribution in [3.63, 3.8) is 0 Å². The first-order valence-corrected chi connectivity index (χ1v) is 6.30. The lowest BCUT2D eigenvalue weighted by Crippen LogP contribution is -2.29. The van der Waals surface area contributed by atoms with E-state index in [1.165, 1.54) is 0 Å². The van der Waals surface area contributed by atoms with Crippen molar-refractivity contribution in [2.75, 3.05) is 0 Å². The van der Waals surface area contributed by atoms with Crippen LogP contribution in [-0.4, -0.2) is 22.2 Å². The molecule has 2 aromatic carbocycles. The molecule has 0 fully saturated rings. The largest absolute Gasteiger partial charge is 0.488 e. The first kappa shape index (κ1) is 11.5. The standard InChI is InChI=1S/C15H10BNO3/c18-16(19)9-5-6-14-11(7-9)12-8-17-13-4-2-1-3-10(13)15(12)20-14/h1-8,18-19H. The van der Waals surface area contributed by atoms with Crippen molar-refractivity contribution in [2.24, 2.45) is 0 Å². The molecule has 0 spiro atoms. The number of fused-ring (bicyclic) bond motifs is 5. The molecule has 0 bridgehead atoms. The zero-order chi connectivity index (χ0) is 13.7. The predicted molar refractivity (Wildman–Crippen MR) is 78.8 cm³/mol. The molecule has 2 aromatic heterocycles. The van der Waals surface area contributed by atoms with Crippen molar-refractivity contribution < 1.29 is 14.5 Å². The fourth-order valence-corrected chi connectivity index (χ4v) is 2.54. The number of para-hydroxylation sites is 1. The van der Waals surface area contributed by atoms with Gasteiger partial charge in [-0.25, -0.2) is 0 Å². The summed E-state index contributed by atoms with van der Waals surface area (Å²) in [6.07, 6.45) is 1.76. The number of hydrogen-bond donors (Lipinski definition) is 2. The SMILES string of the molecule is OB(O)c1ccc2oc3c4ccccc4ncc3c2c1. The fraction of sp³-hybridized carbons (Fsp3) is 0. The monoisotopic (exact) mass is 263 g/mol. The molecule has 0 aliphatic rings. The molecule has 0 saturated heterocycles. The summed E-state index contributed by atoms with van der Waals surface area (Å²) >= 11 is 0. The van der Waals surface area contributed by atoms with Crippen LogP contribution in [0.5, 0.6) is 0 Å². The third-order valence-electron chi connectivity index (χ3n) is 3.53. The molecular weight excluding hydrogens is 253 g/mol. The summed E-state index contributed by atoms with van der Waals surface area (Å²) in [7, 11) is -1.49. The minimum Gasteiger partial charge on any atom is -0.455 e. The van der Waals surface area contributed by atoms with Crippen LogP contribution in [0.3, 0.4) is 0 Å². The van der Waals surface area contributed by atoms with Gasteiger partial charge in [-0.2, -0.15) is 0 Å². The quantitative estimate of drug-likeness (QED) is 0.514. The molecule has 0 atom stereocenters. The van der Waals surface area contributed by atoms with Crippen molar-refractivity contribution in [1.82, 2.24) is 4.98 Å². The molecule has 0 saturated carbocycles. The third-order valence-corrected chi connectivity index (χ3v) is 3.53. The van der Waals surface area contributed by atoms with Gasteiger partial charge < -0.3 is 14.5 Å². The van der Waals surface area contributed by atoms with Gasteiger partial charge in [-0.1, -0.05) is 24.3 Å². The summed E-state index contributed by atoms with van der Waals surface area (Å²) in [5, 5.41) is 21.2. The number of aromatic nitrogens is 1. The van der Waals surface area contributed by atoms with Crippen LogP contribution in [0.25, 0.3) is 32.8 Å². The number of hydrogen-bond acceptors (Lipinski definition) is 4. The van der Waals surface area contributed by atoms with E-state index in [4.69, 9.17) is 4.42 Å². The van der Waals surface area contributed by atoms with Crippen LogP contribution in [0, 0.1) is 0 Å². The summed E-state index contributed by atoms with van der Waals surface area (Å²) in [5.41, 5.74) is 2.80. The zero-order valence-electron chi connectivity index (χ0n) is 10.4. The number of nitrogens with zero attached hydrogens (tertiary/aromatic N) is 1. The van der Waals surface area contributed by atoms with Crippen LogP contribution >= 0.6 is 0 Å². The lowest BCUT2D eigenvalue weighted by molar-refractivity contribution is 0.426. The highest BCUT2D eigenvalue weighted by Crippen LogP contribution is 2.32. The fourth-order valence-electron chi connectivity index (χ4n) is 2.54. The van der Waals surface area contributed by atoms with E-state index in [1.807, 2.05) is 24.3 Å². The van der Waals surface area contributed by atoms with Crippen molar-refractivity contribution in [2.45, 2.75) is 0 Å². The predicted octanol–water partition coefficient (Wildman–Crippen LogP) is 1.81. The molecule has 0 unspecified atom stereocenters. The van der Waals surface area contributed by atoms with Crippen LogP contribution in [0.4, 0.5) is 0 Å². The molecule has 4 aromatic rings. The van der Waals surface area contributed by atoms with E-state index in [-0.39, 0.29) is 0 Å². The van der Waals surface area contributed by atoms with Gasteiger partial charge in [0.15, 0.2) is 0 Å². The topological polar surface area (TPSA) is 66.5 Å². The van der Waals surface area contributed by atoms with Crippen LogP contribution in [0.15, 0.2) is 53.1 Å². The van der Waals surface area contributed by atoms with E-state index in [2.05, 4.69) is 4.98 Å². The molecular formula is C15H10BNO3. The van der Waals surface area contributed by atoms with E-state index in [9.17, 15) is 10.0 Å². The number of furan rings is 1. The molecule has 0 radical (unpaired) electrons. The Morgan fingerprint density at radius 1 is 0.950 bits per heavy atom. The van der Waals surface area contributed by atoms with Gasteiger partial charge in [-0.05, 0) is 23.7 Å². The van der Waals surface area contributed by atoms with E-state index >= 15 is 0 Å². The van der Waals surface area contributed by atoms with E-state index in [0.717, 1.165) is 27.3 Å². The average molecular weight is 263 g/mol. The Labute approximate surface area is 114 Å². The van der Waals surface area contributed by atoms with Gasteiger partial charge >= 0.3 is 7.12 Å². The Hall–Kier alpha value is -2.37. The van der Waals surface area contributed by atoms with E-state index in [0.29, 0.717) is 11.0 Å². The first-order valence-electron chi connectivity index (χ1n) is 6.30. The highest BCUT2D eigenvalue weighted by atomic mass is 16.4. The highest BCUT2D eigenvalue weighted by Gasteiger charge is 2.15. The summed E-state index contributed by atoms with van der Waals surface area (Å²) < 4.78 is 5.90. The van der Waals surface area contributed by atoms with Gasteiger partial charge in [0.1, 0.15) is 11.2 Å². The maximum absolute atomic E-state index is 9.27. The smallest absolute Gasteiger partial charge is 0.455 e. The van der Waals surface area contributed by atoms with Crippen molar-refractivity contribution >= 4 is 45.4 Å². The van der Waals surface area contributed by atoms with Crippen LogP contribution in [0.2, 0.25) is 0 Å². The Kier molecular flexibility index (Phi) is 2.33. The van der Waals surface area contributed by atoms with Gasteiger partial charge in [0.25, 0.3) is 0 Å². The second-order valence-electron chi connectivity index (χ2n) is 4.75. The highest BCUT2D eigenvalue weighted by molar-refractivity contribution is 6.59. The molecule has 4 nitrogen and oxygen atoms in total. The van der Waals surface area contributed by atoms with Crippen LogP contribution < -0.4 is 5.46 Å². The van der Waals surface area contributed by atoms with Gasteiger partial charge in [-0.15, -0.1) is 0 Å².